The number of methoxy groups -OCH3 is 1. The Balaban J connectivity index is 1.71. The number of amides is 1. The fourth-order valence-corrected chi connectivity index (χ4v) is 2.90. The van der Waals surface area contributed by atoms with E-state index in [1.54, 1.807) is 42.1 Å². The van der Waals surface area contributed by atoms with E-state index < -0.39 is 6.09 Å². The topological polar surface area (TPSA) is 65.4 Å². The van der Waals surface area contributed by atoms with Gasteiger partial charge in [-0.1, -0.05) is 12.1 Å². The number of carbonyl (C=O) groups excluding carboxylic acids is 1. The second-order valence-corrected chi connectivity index (χ2v) is 6.12. The summed E-state index contributed by atoms with van der Waals surface area (Å²) in [6.45, 7) is 0. The molecule has 128 valence electrons. The van der Waals surface area contributed by atoms with E-state index in [1.165, 1.54) is 0 Å². The van der Waals surface area contributed by atoms with E-state index in [0.717, 1.165) is 15.7 Å². The Bertz CT molecular complexity index is 891. The highest BCUT2D eigenvalue weighted by Crippen LogP contribution is 2.28. The van der Waals surface area contributed by atoms with Gasteiger partial charge in [-0.25, -0.2) is 4.79 Å². The second kappa shape index (κ2) is 7.40. The molecule has 0 saturated carbocycles. The fraction of sp³-hybridized carbons (Fsp3) is 0.111. The predicted octanol–water partition coefficient (Wildman–Crippen LogP) is 4.47. The maximum absolute atomic E-state index is 12.1. The predicted molar refractivity (Wildman–Crippen MR) is 99.0 cm³/mol. The summed E-state index contributed by atoms with van der Waals surface area (Å²) in [7, 11) is 3.43. The SMILES string of the molecule is COc1ccc(OC(=O)Nc2cccc(-c3nn(C)cc3Br)c2)cc1. The molecule has 3 rings (SSSR count). The van der Waals surface area contributed by atoms with Crippen LogP contribution in [-0.4, -0.2) is 23.0 Å². The highest BCUT2D eigenvalue weighted by molar-refractivity contribution is 9.10. The van der Waals surface area contributed by atoms with Gasteiger partial charge >= 0.3 is 6.09 Å². The molecule has 0 aliphatic rings. The lowest BCUT2D eigenvalue weighted by atomic mass is 10.1. The van der Waals surface area contributed by atoms with E-state index in [0.29, 0.717) is 17.2 Å². The van der Waals surface area contributed by atoms with Gasteiger partial charge in [-0.15, -0.1) is 0 Å². The molecule has 0 bridgehead atoms. The Morgan fingerprint density at radius 3 is 2.52 bits per heavy atom. The van der Waals surface area contributed by atoms with E-state index in [9.17, 15) is 4.79 Å². The number of nitrogens with one attached hydrogen (secondary N) is 1. The molecule has 0 aliphatic carbocycles. The Morgan fingerprint density at radius 2 is 1.88 bits per heavy atom. The zero-order valence-electron chi connectivity index (χ0n) is 13.7. The van der Waals surface area contributed by atoms with Gasteiger partial charge in [-0.2, -0.15) is 5.10 Å². The van der Waals surface area contributed by atoms with Crippen LogP contribution >= 0.6 is 15.9 Å². The summed E-state index contributed by atoms with van der Waals surface area (Å²) < 4.78 is 12.9. The first-order valence-electron chi connectivity index (χ1n) is 7.47. The smallest absolute Gasteiger partial charge is 0.417 e. The summed E-state index contributed by atoms with van der Waals surface area (Å²) in [5.74, 6) is 1.13. The third kappa shape index (κ3) is 4.19. The van der Waals surface area contributed by atoms with Gasteiger partial charge < -0.3 is 9.47 Å². The monoisotopic (exact) mass is 401 g/mol. The molecule has 0 saturated heterocycles. The van der Waals surface area contributed by atoms with Gasteiger partial charge in [0.1, 0.15) is 17.2 Å². The van der Waals surface area contributed by atoms with E-state index in [1.807, 2.05) is 31.4 Å². The van der Waals surface area contributed by atoms with Crippen LogP contribution in [0.4, 0.5) is 10.5 Å². The number of aryl methyl sites for hydroxylation is 1. The van der Waals surface area contributed by atoms with Crippen molar-refractivity contribution in [3.05, 3.63) is 59.2 Å². The maximum Gasteiger partial charge on any atom is 0.417 e. The van der Waals surface area contributed by atoms with Crippen LogP contribution in [-0.2, 0) is 7.05 Å². The molecule has 1 amide bonds. The van der Waals surface area contributed by atoms with Gasteiger partial charge in [0.15, 0.2) is 0 Å². The van der Waals surface area contributed by atoms with Crippen molar-refractivity contribution in [2.45, 2.75) is 0 Å². The van der Waals surface area contributed by atoms with Crippen LogP contribution in [0, 0.1) is 0 Å². The molecular formula is C18H16BrN3O3. The Labute approximate surface area is 153 Å². The molecule has 0 unspecified atom stereocenters. The quantitative estimate of drug-likeness (QED) is 0.700. The van der Waals surface area contributed by atoms with Crippen LogP contribution in [0.1, 0.15) is 0 Å². The van der Waals surface area contributed by atoms with E-state index in [-0.39, 0.29) is 0 Å². The normalized spacial score (nSPS) is 10.4. The van der Waals surface area contributed by atoms with Crippen molar-refractivity contribution < 1.29 is 14.3 Å². The average molecular weight is 402 g/mol. The third-order valence-electron chi connectivity index (χ3n) is 3.44. The summed E-state index contributed by atoms with van der Waals surface area (Å²) in [5.41, 5.74) is 2.30. The minimum Gasteiger partial charge on any atom is -0.497 e. The average Bonchev–Trinajstić information content (AvgIpc) is 2.94. The minimum atomic E-state index is -0.567. The Hall–Kier alpha value is -2.80. The summed E-state index contributed by atoms with van der Waals surface area (Å²) in [6, 6.07) is 14.2. The highest BCUT2D eigenvalue weighted by Gasteiger charge is 2.10. The lowest BCUT2D eigenvalue weighted by Crippen LogP contribution is -2.16. The lowest BCUT2D eigenvalue weighted by Gasteiger charge is -2.08. The molecule has 6 nitrogen and oxygen atoms in total. The largest absolute Gasteiger partial charge is 0.497 e. The zero-order chi connectivity index (χ0) is 17.8. The molecule has 2 aromatic carbocycles. The van der Waals surface area contributed by atoms with Crippen molar-refractivity contribution in [2.75, 3.05) is 12.4 Å². The van der Waals surface area contributed by atoms with Gasteiger partial charge in [0.2, 0.25) is 0 Å². The van der Waals surface area contributed by atoms with Crippen molar-refractivity contribution in [1.82, 2.24) is 9.78 Å². The second-order valence-electron chi connectivity index (χ2n) is 5.27. The zero-order valence-corrected chi connectivity index (χ0v) is 15.3. The van der Waals surface area contributed by atoms with Crippen LogP contribution in [0.15, 0.2) is 59.2 Å². The van der Waals surface area contributed by atoms with Crippen molar-refractivity contribution >= 4 is 27.7 Å². The van der Waals surface area contributed by atoms with Crippen molar-refractivity contribution in [2.24, 2.45) is 7.05 Å². The van der Waals surface area contributed by atoms with Crippen LogP contribution in [0.25, 0.3) is 11.3 Å². The number of nitrogens with zero attached hydrogens (tertiary/aromatic N) is 2. The van der Waals surface area contributed by atoms with Crippen LogP contribution in [0.2, 0.25) is 0 Å². The third-order valence-corrected chi connectivity index (χ3v) is 4.02. The number of hydrogen-bond donors (Lipinski definition) is 1. The molecule has 25 heavy (non-hydrogen) atoms. The molecule has 3 aromatic rings. The number of aromatic nitrogens is 2. The molecule has 0 atom stereocenters. The first kappa shape index (κ1) is 17.0. The minimum absolute atomic E-state index is 0.432. The number of carbonyl (C=O) groups is 1. The Kier molecular flexibility index (Phi) is 5.04. The molecule has 1 N–H and O–H groups in total. The standard InChI is InChI=1S/C18H16BrN3O3/c1-22-11-16(19)17(21-22)12-4-3-5-13(10-12)20-18(23)25-15-8-6-14(24-2)7-9-15/h3-11H,1-2H3,(H,20,23). The number of rotatable bonds is 4. The van der Waals surface area contributed by atoms with Gasteiger partial charge in [0, 0.05) is 24.5 Å². The molecular weight excluding hydrogens is 386 g/mol. The molecule has 0 radical (unpaired) electrons. The van der Waals surface area contributed by atoms with Crippen molar-refractivity contribution in [3.63, 3.8) is 0 Å². The Morgan fingerprint density at radius 1 is 1.16 bits per heavy atom. The highest BCUT2D eigenvalue weighted by atomic mass is 79.9. The van der Waals surface area contributed by atoms with Crippen LogP contribution in [0.5, 0.6) is 11.5 Å². The van der Waals surface area contributed by atoms with Crippen LogP contribution < -0.4 is 14.8 Å². The first-order chi connectivity index (χ1) is 12.0. The van der Waals surface area contributed by atoms with Gasteiger partial charge in [0.05, 0.1) is 11.6 Å². The van der Waals surface area contributed by atoms with E-state index >= 15 is 0 Å². The number of hydrogen-bond acceptors (Lipinski definition) is 4. The molecule has 7 heteroatoms. The van der Waals surface area contributed by atoms with Crippen molar-refractivity contribution in [3.8, 4) is 22.8 Å². The molecule has 0 spiro atoms. The van der Waals surface area contributed by atoms with Gasteiger partial charge in [-0.05, 0) is 52.3 Å². The first-order valence-corrected chi connectivity index (χ1v) is 8.27. The van der Waals surface area contributed by atoms with Crippen LogP contribution in [0.3, 0.4) is 0 Å². The lowest BCUT2D eigenvalue weighted by molar-refractivity contribution is 0.215. The molecule has 0 fully saturated rings. The molecule has 1 aromatic heterocycles. The summed E-state index contributed by atoms with van der Waals surface area (Å²) in [6.07, 6.45) is 1.30. The van der Waals surface area contributed by atoms with Gasteiger partial charge in [-0.3, -0.25) is 10.00 Å². The number of halogens is 1. The van der Waals surface area contributed by atoms with Gasteiger partial charge in [0.25, 0.3) is 0 Å². The summed E-state index contributed by atoms with van der Waals surface area (Å²) in [5, 5.41) is 7.11. The number of ether oxygens (including phenoxy) is 2. The van der Waals surface area contributed by atoms with E-state index in [4.69, 9.17) is 9.47 Å². The van der Waals surface area contributed by atoms with E-state index in [2.05, 4.69) is 26.3 Å². The molecule has 0 aliphatic heterocycles. The molecule has 1 heterocycles. The van der Waals surface area contributed by atoms with Crippen molar-refractivity contribution in [1.29, 1.82) is 0 Å². The number of benzene rings is 2. The number of anilines is 1. The summed E-state index contributed by atoms with van der Waals surface area (Å²) in [4.78, 5) is 12.1. The fourth-order valence-electron chi connectivity index (χ4n) is 2.29. The maximum atomic E-state index is 12.1. The summed E-state index contributed by atoms with van der Waals surface area (Å²) >= 11 is 3.48.